The summed E-state index contributed by atoms with van der Waals surface area (Å²) >= 11 is 1.61. The van der Waals surface area contributed by atoms with Crippen LogP contribution in [0.2, 0.25) is 0 Å². The molecule has 21 heavy (non-hydrogen) atoms. The molecule has 1 atom stereocenters. The second-order valence-electron chi connectivity index (χ2n) is 5.18. The van der Waals surface area contributed by atoms with Gasteiger partial charge in [0, 0.05) is 23.7 Å². The number of carbonyl (C=O) groups excluding carboxylic acids is 1. The van der Waals surface area contributed by atoms with E-state index in [1.165, 1.54) is 10.6 Å². The summed E-state index contributed by atoms with van der Waals surface area (Å²) in [5.41, 5.74) is 0.753. The fourth-order valence-electron chi connectivity index (χ4n) is 2.40. The van der Waals surface area contributed by atoms with Crippen LogP contribution in [0.15, 0.2) is 29.2 Å². The minimum atomic E-state index is -3.23. The Labute approximate surface area is 130 Å². The van der Waals surface area contributed by atoms with Gasteiger partial charge >= 0.3 is 0 Å². The van der Waals surface area contributed by atoms with Gasteiger partial charge in [-0.1, -0.05) is 6.07 Å². The van der Waals surface area contributed by atoms with Gasteiger partial charge in [-0.15, -0.1) is 11.8 Å². The summed E-state index contributed by atoms with van der Waals surface area (Å²) in [6, 6.07) is 7.63. The van der Waals surface area contributed by atoms with Crippen LogP contribution in [0, 0.1) is 5.92 Å². The molecule has 0 saturated carbocycles. The van der Waals surface area contributed by atoms with Crippen LogP contribution in [0.3, 0.4) is 0 Å². The van der Waals surface area contributed by atoms with Crippen LogP contribution in [0.5, 0.6) is 0 Å². The van der Waals surface area contributed by atoms with Gasteiger partial charge in [0.2, 0.25) is 15.9 Å². The van der Waals surface area contributed by atoms with Crippen LogP contribution in [-0.2, 0) is 14.8 Å². The first kappa shape index (κ1) is 16.3. The van der Waals surface area contributed by atoms with E-state index in [1.54, 1.807) is 11.8 Å². The molecular weight excluding hydrogens is 308 g/mol. The van der Waals surface area contributed by atoms with Crippen molar-refractivity contribution in [1.29, 1.82) is 0 Å². The van der Waals surface area contributed by atoms with Crippen molar-refractivity contribution < 1.29 is 13.2 Å². The van der Waals surface area contributed by atoms with Crippen LogP contribution in [-0.4, -0.2) is 44.2 Å². The highest BCUT2D eigenvalue weighted by atomic mass is 32.2. The van der Waals surface area contributed by atoms with E-state index in [0.29, 0.717) is 6.54 Å². The number of carbonyl (C=O) groups is 1. The highest BCUT2D eigenvalue weighted by molar-refractivity contribution is 7.98. The van der Waals surface area contributed by atoms with Gasteiger partial charge in [-0.05, 0) is 37.3 Å². The number of benzene rings is 1. The molecule has 7 heteroatoms. The SMILES string of the molecule is CSc1cccc(NC(=O)[C@H]2CCCN(S(C)(=O)=O)C2)c1. The number of nitrogens with one attached hydrogen (secondary N) is 1. The van der Waals surface area contributed by atoms with Crippen molar-refractivity contribution >= 4 is 33.4 Å². The van der Waals surface area contributed by atoms with Gasteiger partial charge in [-0.3, -0.25) is 4.79 Å². The molecular formula is C14H20N2O3S2. The van der Waals surface area contributed by atoms with Crippen LogP contribution >= 0.6 is 11.8 Å². The second kappa shape index (κ2) is 6.81. The lowest BCUT2D eigenvalue weighted by Crippen LogP contribution is -2.43. The molecule has 1 heterocycles. The number of anilines is 1. The van der Waals surface area contributed by atoms with Crippen molar-refractivity contribution in [1.82, 2.24) is 4.31 Å². The average molecular weight is 328 g/mol. The third kappa shape index (κ3) is 4.46. The van der Waals surface area contributed by atoms with Gasteiger partial charge in [-0.25, -0.2) is 12.7 Å². The van der Waals surface area contributed by atoms with E-state index in [9.17, 15) is 13.2 Å². The van der Waals surface area contributed by atoms with Crippen molar-refractivity contribution in [3.05, 3.63) is 24.3 Å². The number of thioether (sulfide) groups is 1. The quantitative estimate of drug-likeness (QED) is 0.859. The van der Waals surface area contributed by atoms with Crippen LogP contribution in [0.4, 0.5) is 5.69 Å². The molecule has 1 amide bonds. The van der Waals surface area contributed by atoms with E-state index >= 15 is 0 Å². The molecule has 1 aliphatic heterocycles. The van der Waals surface area contributed by atoms with E-state index in [1.807, 2.05) is 30.5 Å². The number of amides is 1. The van der Waals surface area contributed by atoms with Crippen LogP contribution in [0.1, 0.15) is 12.8 Å². The zero-order valence-electron chi connectivity index (χ0n) is 12.2. The lowest BCUT2D eigenvalue weighted by atomic mass is 9.99. The van der Waals surface area contributed by atoms with E-state index < -0.39 is 10.0 Å². The maximum absolute atomic E-state index is 12.3. The monoisotopic (exact) mass is 328 g/mol. The first-order valence-corrected chi connectivity index (χ1v) is 9.87. The Morgan fingerprint density at radius 3 is 2.86 bits per heavy atom. The number of hydrogen-bond donors (Lipinski definition) is 1. The Balaban J connectivity index is 2.02. The summed E-state index contributed by atoms with van der Waals surface area (Å²) < 4.78 is 24.6. The third-order valence-electron chi connectivity index (χ3n) is 3.56. The molecule has 0 bridgehead atoms. The standard InChI is InChI=1S/C14H20N2O3S2/c1-20-13-7-3-6-12(9-13)15-14(17)11-5-4-8-16(10-11)21(2,18)19/h3,6-7,9,11H,4-5,8,10H2,1-2H3,(H,15,17)/t11-/m0/s1. The number of piperidine rings is 1. The largest absolute Gasteiger partial charge is 0.326 e. The molecule has 1 fully saturated rings. The van der Waals surface area contributed by atoms with Gasteiger partial charge in [0.05, 0.1) is 12.2 Å². The molecule has 5 nitrogen and oxygen atoms in total. The first-order chi connectivity index (χ1) is 9.90. The van der Waals surface area contributed by atoms with Crippen LogP contribution in [0.25, 0.3) is 0 Å². The smallest absolute Gasteiger partial charge is 0.228 e. The lowest BCUT2D eigenvalue weighted by molar-refractivity contribution is -0.120. The van der Waals surface area contributed by atoms with Gasteiger partial charge in [-0.2, -0.15) is 0 Å². The molecule has 1 N–H and O–H groups in total. The summed E-state index contributed by atoms with van der Waals surface area (Å²) in [6.45, 7) is 0.775. The van der Waals surface area contributed by atoms with Crippen molar-refractivity contribution in [3.63, 3.8) is 0 Å². The summed E-state index contributed by atoms with van der Waals surface area (Å²) in [4.78, 5) is 13.4. The molecule has 1 saturated heterocycles. The maximum Gasteiger partial charge on any atom is 0.228 e. The van der Waals surface area contributed by atoms with Gasteiger partial charge < -0.3 is 5.32 Å². The molecule has 0 unspecified atom stereocenters. The Hall–Kier alpha value is -1.05. The Kier molecular flexibility index (Phi) is 5.29. The first-order valence-electron chi connectivity index (χ1n) is 6.80. The van der Waals surface area contributed by atoms with Crippen molar-refractivity contribution in [2.75, 3.05) is 30.9 Å². The minimum absolute atomic E-state index is 0.110. The number of sulfonamides is 1. The highest BCUT2D eigenvalue weighted by Crippen LogP contribution is 2.22. The summed E-state index contributed by atoms with van der Waals surface area (Å²) in [6.07, 6.45) is 4.61. The molecule has 0 spiro atoms. The van der Waals surface area contributed by atoms with Gasteiger partial charge in [0.1, 0.15) is 0 Å². The molecule has 1 aromatic rings. The highest BCUT2D eigenvalue weighted by Gasteiger charge is 2.30. The number of nitrogens with zero attached hydrogens (tertiary/aromatic N) is 1. The van der Waals surface area contributed by atoms with E-state index in [-0.39, 0.29) is 18.4 Å². The lowest BCUT2D eigenvalue weighted by Gasteiger charge is -2.30. The van der Waals surface area contributed by atoms with E-state index in [2.05, 4.69) is 5.32 Å². The van der Waals surface area contributed by atoms with Gasteiger partial charge in [0.15, 0.2) is 0 Å². The molecule has 2 rings (SSSR count). The fraction of sp³-hybridized carbons (Fsp3) is 0.500. The van der Waals surface area contributed by atoms with Crippen molar-refractivity contribution in [2.45, 2.75) is 17.7 Å². The number of hydrogen-bond acceptors (Lipinski definition) is 4. The maximum atomic E-state index is 12.3. The third-order valence-corrected chi connectivity index (χ3v) is 5.56. The summed E-state index contributed by atoms with van der Waals surface area (Å²) in [7, 11) is -3.23. The number of rotatable bonds is 4. The second-order valence-corrected chi connectivity index (χ2v) is 8.04. The Bertz CT molecular complexity index is 616. The predicted octanol–water partition coefficient (Wildman–Crippen LogP) is 2.02. The summed E-state index contributed by atoms with van der Waals surface area (Å²) in [5.74, 6) is -0.395. The molecule has 1 aliphatic rings. The molecule has 116 valence electrons. The van der Waals surface area contributed by atoms with Gasteiger partial charge in [0.25, 0.3) is 0 Å². The predicted molar refractivity (Wildman–Crippen MR) is 86.0 cm³/mol. The molecule has 0 radical (unpaired) electrons. The molecule has 0 aliphatic carbocycles. The van der Waals surface area contributed by atoms with Crippen molar-refractivity contribution in [2.24, 2.45) is 5.92 Å². The normalized spacial score (nSPS) is 20.2. The topological polar surface area (TPSA) is 66.5 Å². The zero-order valence-corrected chi connectivity index (χ0v) is 13.8. The Morgan fingerprint density at radius 1 is 1.43 bits per heavy atom. The van der Waals surface area contributed by atoms with Crippen LogP contribution < -0.4 is 5.32 Å². The van der Waals surface area contributed by atoms with Crippen molar-refractivity contribution in [3.8, 4) is 0 Å². The molecule has 0 aromatic heterocycles. The summed E-state index contributed by atoms with van der Waals surface area (Å²) in [5, 5.41) is 2.88. The minimum Gasteiger partial charge on any atom is -0.326 e. The zero-order chi connectivity index (χ0) is 15.5. The molecule has 1 aromatic carbocycles. The Morgan fingerprint density at radius 2 is 2.19 bits per heavy atom. The van der Waals surface area contributed by atoms with E-state index in [0.717, 1.165) is 23.4 Å². The fourth-order valence-corrected chi connectivity index (χ4v) is 3.77. The average Bonchev–Trinajstić information content (AvgIpc) is 2.46. The van der Waals surface area contributed by atoms with E-state index in [4.69, 9.17) is 0 Å².